The standard InChI is InChI=1S/C15H23ClN2O2/c1-3-18(4-2)6-5-17-11-12-9-13(16)15-14(10-12)19-7-8-20-15/h9-10,17H,3-8,11H2,1-2H3. The van der Waals surface area contributed by atoms with Gasteiger partial charge in [-0.2, -0.15) is 0 Å². The van der Waals surface area contributed by atoms with E-state index in [9.17, 15) is 0 Å². The Morgan fingerprint density at radius 2 is 1.95 bits per heavy atom. The van der Waals surface area contributed by atoms with E-state index in [2.05, 4.69) is 24.1 Å². The average molecular weight is 299 g/mol. The third-order valence-corrected chi connectivity index (χ3v) is 3.77. The number of halogens is 1. The van der Waals surface area contributed by atoms with E-state index >= 15 is 0 Å². The van der Waals surface area contributed by atoms with Crippen molar-refractivity contribution in [1.82, 2.24) is 10.2 Å². The molecule has 0 aromatic heterocycles. The van der Waals surface area contributed by atoms with E-state index in [0.29, 0.717) is 24.0 Å². The molecule has 1 aliphatic heterocycles. The summed E-state index contributed by atoms with van der Waals surface area (Å²) in [6.45, 7) is 10.5. The van der Waals surface area contributed by atoms with Gasteiger partial charge in [-0.25, -0.2) is 0 Å². The number of nitrogens with zero attached hydrogens (tertiary/aromatic N) is 1. The minimum absolute atomic E-state index is 0.564. The zero-order chi connectivity index (χ0) is 14.4. The molecule has 0 fully saturated rings. The molecule has 0 bridgehead atoms. The summed E-state index contributed by atoms with van der Waals surface area (Å²) in [5, 5.41) is 4.07. The number of nitrogens with one attached hydrogen (secondary N) is 1. The highest BCUT2D eigenvalue weighted by atomic mass is 35.5. The molecule has 0 saturated carbocycles. The average Bonchev–Trinajstić information content (AvgIpc) is 2.47. The summed E-state index contributed by atoms with van der Waals surface area (Å²) in [4.78, 5) is 2.39. The van der Waals surface area contributed by atoms with Crippen molar-refractivity contribution in [2.24, 2.45) is 0 Å². The highest BCUT2D eigenvalue weighted by Gasteiger charge is 2.16. The molecule has 0 saturated heterocycles. The summed E-state index contributed by atoms with van der Waals surface area (Å²) in [6, 6.07) is 3.95. The van der Waals surface area contributed by atoms with Crippen LogP contribution in [0.2, 0.25) is 5.02 Å². The lowest BCUT2D eigenvalue weighted by Crippen LogP contribution is -2.31. The Kier molecular flexibility index (Phi) is 5.95. The van der Waals surface area contributed by atoms with Crippen LogP contribution in [0.25, 0.3) is 0 Å². The van der Waals surface area contributed by atoms with Crippen LogP contribution in [0.3, 0.4) is 0 Å². The Balaban J connectivity index is 1.86. The van der Waals surface area contributed by atoms with Crippen LogP contribution in [-0.4, -0.2) is 44.3 Å². The molecule has 0 unspecified atom stereocenters. The molecule has 0 amide bonds. The van der Waals surface area contributed by atoms with Crippen LogP contribution in [0.5, 0.6) is 11.5 Å². The first kappa shape index (κ1) is 15.4. The molecule has 1 heterocycles. The molecule has 0 atom stereocenters. The second kappa shape index (κ2) is 7.72. The lowest BCUT2D eigenvalue weighted by molar-refractivity contribution is 0.171. The van der Waals surface area contributed by atoms with Crippen LogP contribution in [0.1, 0.15) is 19.4 Å². The van der Waals surface area contributed by atoms with Gasteiger partial charge in [0.25, 0.3) is 0 Å². The lowest BCUT2D eigenvalue weighted by atomic mass is 10.2. The van der Waals surface area contributed by atoms with E-state index < -0.39 is 0 Å². The van der Waals surface area contributed by atoms with Crippen molar-refractivity contribution in [3.8, 4) is 11.5 Å². The van der Waals surface area contributed by atoms with Gasteiger partial charge in [0.15, 0.2) is 11.5 Å². The largest absolute Gasteiger partial charge is 0.486 e. The van der Waals surface area contributed by atoms with E-state index in [0.717, 1.165) is 44.0 Å². The van der Waals surface area contributed by atoms with Gasteiger partial charge >= 0.3 is 0 Å². The number of benzene rings is 1. The molecule has 1 aliphatic rings. The van der Waals surface area contributed by atoms with Crippen molar-refractivity contribution in [1.29, 1.82) is 0 Å². The fourth-order valence-electron chi connectivity index (χ4n) is 2.28. The summed E-state index contributed by atoms with van der Waals surface area (Å²) in [6.07, 6.45) is 0. The SMILES string of the molecule is CCN(CC)CCNCc1cc(Cl)c2c(c1)OCCO2. The quantitative estimate of drug-likeness (QED) is 0.785. The van der Waals surface area contributed by atoms with Crippen molar-refractivity contribution in [2.75, 3.05) is 39.4 Å². The summed E-state index contributed by atoms with van der Waals surface area (Å²) >= 11 is 6.21. The molecule has 112 valence electrons. The summed E-state index contributed by atoms with van der Waals surface area (Å²) in [5.74, 6) is 1.43. The first-order chi connectivity index (χ1) is 9.74. The maximum Gasteiger partial charge on any atom is 0.179 e. The van der Waals surface area contributed by atoms with Crippen LogP contribution in [-0.2, 0) is 6.54 Å². The van der Waals surface area contributed by atoms with Crippen molar-refractivity contribution < 1.29 is 9.47 Å². The Morgan fingerprint density at radius 3 is 2.70 bits per heavy atom. The molecule has 1 N–H and O–H groups in total. The number of likely N-dealkylation sites (N-methyl/N-ethyl adjacent to an activating group) is 1. The predicted octanol–water partition coefficient (Wildman–Crippen LogP) is 2.54. The molecule has 0 spiro atoms. The van der Waals surface area contributed by atoms with Gasteiger partial charge < -0.3 is 19.7 Å². The first-order valence-electron chi connectivity index (χ1n) is 7.25. The maximum atomic E-state index is 6.21. The smallest absolute Gasteiger partial charge is 0.179 e. The van der Waals surface area contributed by atoms with Gasteiger partial charge in [0.1, 0.15) is 13.2 Å². The maximum absolute atomic E-state index is 6.21. The summed E-state index contributed by atoms with van der Waals surface area (Å²) in [5.41, 5.74) is 1.12. The minimum atomic E-state index is 0.564. The van der Waals surface area contributed by atoms with E-state index in [4.69, 9.17) is 21.1 Å². The zero-order valence-corrected chi connectivity index (χ0v) is 13.0. The fraction of sp³-hybridized carbons (Fsp3) is 0.600. The van der Waals surface area contributed by atoms with Crippen molar-refractivity contribution in [2.45, 2.75) is 20.4 Å². The summed E-state index contributed by atoms with van der Waals surface area (Å²) < 4.78 is 11.1. The van der Waals surface area contributed by atoms with Crippen molar-refractivity contribution in [3.63, 3.8) is 0 Å². The van der Waals surface area contributed by atoms with Crippen LogP contribution < -0.4 is 14.8 Å². The van der Waals surface area contributed by atoms with E-state index in [1.165, 1.54) is 0 Å². The minimum Gasteiger partial charge on any atom is -0.486 e. The second-order valence-corrected chi connectivity index (χ2v) is 5.21. The fourth-order valence-corrected chi connectivity index (χ4v) is 2.56. The molecule has 0 aliphatic carbocycles. The number of rotatable bonds is 7. The normalized spacial score (nSPS) is 13.8. The number of ether oxygens (including phenoxy) is 2. The Hall–Kier alpha value is -0.970. The van der Waals surface area contributed by atoms with Gasteiger partial charge in [-0.15, -0.1) is 0 Å². The second-order valence-electron chi connectivity index (χ2n) is 4.81. The monoisotopic (exact) mass is 298 g/mol. The third kappa shape index (κ3) is 4.01. The highest BCUT2D eigenvalue weighted by Crippen LogP contribution is 2.38. The molecule has 2 rings (SSSR count). The molecule has 0 radical (unpaired) electrons. The molecule has 4 nitrogen and oxygen atoms in total. The Morgan fingerprint density at radius 1 is 1.20 bits per heavy atom. The first-order valence-corrected chi connectivity index (χ1v) is 7.63. The lowest BCUT2D eigenvalue weighted by Gasteiger charge is -2.21. The van der Waals surface area contributed by atoms with Gasteiger partial charge in [-0.05, 0) is 30.8 Å². The van der Waals surface area contributed by atoms with E-state index in [1.54, 1.807) is 0 Å². The molecule has 1 aromatic rings. The van der Waals surface area contributed by atoms with Gasteiger partial charge in [-0.3, -0.25) is 0 Å². The Bertz CT molecular complexity index is 436. The van der Waals surface area contributed by atoms with Gasteiger partial charge in [0.05, 0.1) is 5.02 Å². The zero-order valence-electron chi connectivity index (χ0n) is 12.2. The number of fused-ring (bicyclic) bond motifs is 1. The van der Waals surface area contributed by atoms with Crippen molar-refractivity contribution >= 4 is 11.6 Å². The third-order valence-electron chi connectivity index (χ3n) is 3.48. The topological polar surface area (TPSA) is 33.7 Å². The molecule has 5 heteroatoms. The Labute approximate surface area is 126 Å². The van der Waals surface area contributed by atoms with Crippen LogP contribution >= 0.6 is 11.6 Å². The van der Waals surface area contributed by atoms with Crippen LogP contribution in [0.4, 0.5) is 0 Å². The predicted molar refractivity (Wildman–Crippen MR) is 81.9 cm³/mol. The highest BCUT2D eigenvalue weighted by molar-refractivity contribution is 6.32. The van der Waals surface area contributed by atoms with E-state index in [1.807, 2.05) is 12.1 Å². The summed E-state index contributed by atoms with van der Waals surface area (Å²) in [7, 11) is 0. The number of hydrogen-bond donors (Lipinski definition) is 1. The van der Waals surface area contributed by atoms with E-state index in [-0.39, 0.29) is 0 Å². The van der Waals surface area contributed by atoms with Gasteiger partial charge in [0, 0.05) is 19.6 Å². The molecular weight excluding hydrogens is 276 g/mol. The molecule has 20 heavy (non-hydrogen) atoms. The van der Waals surface area contributed by atoms with Crippen LogP contribution in [0, 0.1) is 0 Å². The number of hydrogen-bond acceptors (Lipinski definition) is 4. The van der Waals surface area contributed by atoms with Crippen molar-refractivity contribution in [3.05, 3.63) is 22.7 Å². The van der Waals surface area contributed by atoms with Crippen LogP contribution in [0.15, 0.2) is 12.1 Å². The van der Waals surface area contributed by atoms with Gasteiger partial charge in [-0.1, -0.05) is 25.4 Å². The molecule has 1 aromatic carbocycles. The molecular formula is C15H23ClN2O2. The van der Waals surface area contributed by atoms with Gasteiger partial charge in [0.2, 0.25) is 0 Å².